The maximum absolute atomic E-state index is 5.14. The Kier molecular flexibility index (Phi) is 4.45. The summed E-state index contributed by atoms with van der Waals surface area (Å²) in [5, 5.41) is 4.78. The second-order valence-corrected chi connectivity index (χ2v) is 5.72. The van der Waals surface area contributed by atoms with E-state index in [9.17, 15) is 0 Å². The van der Waals surface area contributed by atoms with E-state index < -0.39 is 0 Å². The molecule has 1 aromatic rings. The summed E-state index contributed by atoms with van der Waals surface area (Å²) in [5.41, 5.74) is 0. The Bertz CT molecular complexity index is 355. The van der Waals surface area contributed by atoms with E-state index in [-0.39, 0.29) is 0 Å². The Hall–Kier alpha value is -0.550. The van der Waals surface area contributed by atoms with Gasteiger partial charge in [-0.1, -0.05) is 18.5 Å². The number of aryl methyl sites for hydroxylation is 1. The molecule has 2 atom stereocenters. The molecule has 0 bridgehead atoms. The maximum atomic E-state index is 5.14. The molecule has 4 nitrogen and oxygen atoms in total. The average molecular weight is 255 g/mol. The van der Waals surface area contributed by atoms with Gasteiger partial charge in [0.05, 0.1) is 6.54 Å². The Morgan fingerprint density at radius 3 is 2.94 bits per heavy atom. The number of rotatable bonds is 5. The Labute approximate surface area is 107 Å². The van der Waals surface area contributed by atoms with Crippen LogP contribution in [0, 0.1) is 0 Å². The van der Waals surface area contributed by atoms with E-state index in [1.807, 2.05) is 18.7 Å². The van der Waals surface area contributed by atoms with E-state index in [0.29, 0.717) is 6.04 Å². The molecule has 0 N–H and O–H groups in total. The van der Waals surface area contributed by atoms with Crippen LogP contribution in [0.4, 0.5) is 0 Å². The summed E-state index contributed by atoms with van der Waals surface area (Å²) in [6, 6.07) is 0.661. The smallest absolute Gasteiger partial charge is 0.226 e. The topological polar surface area (TPSA) is 42.2 Å². The number of aromatic nitrogens is 2. The second kappa shape index (κ2) is 5.87. The molecular weight excluding hydrogens is 234 g/mol. The fourth-order valence-electron chi connectivity index (χ4n) is 2.52. The molecule has 1 aliphatic carbocycles. The number of hydrogen-bond acceptors (Lipinski definition) is 5. The zero-order chi connectivity index (χ0) is 12.3. The zero-order valence-electron chi connectivity index (χ0n) is 10.8. The second-order valence-electron chi connectivity index (χ2n) is 4.65. The molecule has 0 amide bonds. The lowest BCUT2D eigenvalue weighted by atomic mass is 10.2. The molecule has 1 saturated carbocycles. The van der Waals surface area contributed by atoms with Gasteiger partial charge in [-0.3, -0.25) is 4.90 Å². The van der Waals surface area contributed by atoms with Crippen LogP contribution in [0.3, 0.4) is 0 Å². The Balaban J connectivity index is 1.93. The fourth-order valence-corrected chi connectivity index (χ4v) is 3.58. The van der Waals surface area contributed by atoms with Gasteiger partial charge in [-0.2, -0.15) is 16.7 Å². The Morgan fingerprint density at radius 2 is 2.29 bits per heavy atom. The van der Waals surface area contributed by atoms with E-state index in [4.69, 9.17) is 4.52 Å². The third kappa shape index (κ3) is 3.01. The molecule has 2 rings (SSSR count). The highest BCUT2D eigenvalue weighted by atomic mass is 32.2. The summed E-state index contributed by atoms with van der Waals surface area (Å²) in [7, 11) is 2.17. The van der Waals surface area contributed by atoms with Crippen LogP contribution in [-0.2, 0) is 13.0 Å². The van der Waals surface area contributed by atoms with Gasteiger partial charge >= 0.3 is 0 Å². The van der Waals surface area contributed by atoms with Crippen LogP contribution < -0.4 is 0 Å². The third-order valence-electron chi connectivity index (χ3n) is 3.49. The van der Waals surface area contributed by atoms with Crippen molar-refractivity contribution in [3.63, 3.8) is 0 Å². The minimum atomic E-state index is 0.661. The number of nitrogens with zero attached hydrogens (tertiary/aromatic N) is 3. The molecule has 0 saturated heterocycles. The standard InChI is InChI=1S/C12H21N3OS/c1-4-12-13-11(14-16-12)8-15(2)9-6-5-7-10(9)17-3/h9-10H,4-8H2,1-3H3/t9-,10+/m1/s1. The SMILES string of the molecule is CCc1nc(CN(C)[C@@H]2CCC[C@@H]2SC)no1. The van der Waals surface area contributed by atoms with Crippen molar-refractivity contribution in [3.8, 4) is 0 Å². The summed E-state index contributed by atoms with van der Waals surface area (Å²) in [6.07, 6.45) is 6.99. The zero-order valence-corrected chi connectivity index (χ0v) is 11.7. The van der Waals surface area contributed by atoms with Gasteiger partial charge in [0.1, 0.15) is 0 Å². The van der Waals surface area contributed by atoms with Crippen LogP contribution >= 0.6 is 11.8 Å². The normalized spacial score (nSPS) is 24.7. The molecule has 0 aromatic carbocycles. The van der Waals surface area contributed by atoms with E-state index in [1.54, 1.807) is 0 Å². The van der Waals surface area contributed by atoms with E-state index in [2.05, 4.69) is 28.3 Å². The summed E-state index contributed by atoms with van der Waals surface area (Å²) >= 11 is 1.98. The van der Waals surface area contributed by atoms with Gasteiger partial charge in [0.15, 0.2) is 5.82 Å². The van der Waals surface area contributed by atoms with Gasteiger partial charge in [0, 0.05) is 17.7 Å². The first kappa shape index (κ1) is 12.9. The van der Waals surface area contributed by atoms with Crippen molar-refractivity contribution in [1.29, 1.82) is 0 Å². The highest BCUT2D eigenvalue weighted by Crippen LogP contribution is 2.31. The first-order chi connectivity index (χ1) is 8.24. The van der Waals surface area contributed by atoms with Crippen LogP contribution in [0.25, 0.3) is 0 Å². The lowest BCUT2D eigenvalue weighted by molar-refractivity contribution is 0.232. The van der Waals surface area contributed by atoms with Crippen molar-refractivity contribution in [2.75, 3.05) is 13.3 Å². The van der Waals surface area contributed by atoms with E-state index >= 15 is 0 Å². The molecule has 0 aliphatic heterocycles. The van der Waals surface area contributed by atoms with Gasteiger partial charge in [-0.15, -0.1) is 0 Å². The first-order valence-electron chi connectivity index (χ1n) is 6.29. The monoisotopic (exact) mass is 255 g/mol. The minimum absolute atomic E-state index is 0.661. The molecule has 96 valence electrons. The van der Waals surface area contributed by atoms with Crippen LogP contribution in [-0.4, -0.2) is 39.6 Å². The quantitative estimate of drug-likeness (QED) is 0.808. The van der Waals surface area contributed by atoms with Crippen LogP contribution in [0.15, 0.2) is 4.52 Å². The van der Waals surface area contributed by atoms with E-state index in [1.165, 1.54) is 19.3 Å². The van der Waals surface area contributed by atoms with Crippen molar-refractivity contribution in [1.82, 2.24) is 15.0 Å². The molecule has 0 unspecified atom stereocenters. The molecular formula is C12H21N3OS. The molecule has 1 aromatic heterocycles. The van der Waals surface area contributed by atoms with Gasteiger partial charge < -0.3 is 4.52 Å². The predicted octanol–water partition coefficient (Wildman–Crippen LogP) is 2.35. The highest BCUT2D eigenvalue weighted by Gasteiger charge is 2.30. The Morgan fingerprint density at radius 1 is 1.47 bits per heavy atom. The average Bonchev–Trinajstić information content (AvgIpc) is 2.96. The highest BCUT2D eigenvalue weighted by molar-refractivity contribution is 7.99. The largest absolute Gasteiger partial charge is 0.339 e. The molecule has 1 aliphatic rings. The molecule has 17 heavy (non-hydrogen) atoms. The number of thioether (sulfide) groups is 1. The third-order valence-corrected chi connectivity index (χ3v) is 4.65. The van der Waals surface area contributed by atoms with Gasteiger partial charge in [-0.25, -0.2) is 0 Å². The molecule has 1 heterocycles. The summed E-state index contributed by atoms with van der Waals surface area (Å²) in [5.74, 6) is 1.55. The fraction of sp³-hybridized carbons (Fsp3) is 0.833. The molecule has 0 radical (unpaired) electrons. The maximum Gasteiger partial charge on any atom is 0.226 e. The van der Waals surface area contributed by atoms with Crippen LogP contribution in [0.5, 0.6) is 0 Å². The molecule has 1 fully saturated rings. The molecule has 5 heteroatoms. The summed E-state index contributed by atoms with van der Waals surface area (Å²) < 4.78 is 5.14. The van der Waals surface area contributed by atoms with Crippen molar-refractivity contribution < 1.29 is 4.52 Å². The van der Waals surface area contributed by atoms with Crippen molar-refractivity contribution >= 4 is 11.8 Å². The first-order valence-corrected chi connectivity index (χ1v) is 7.58. The molecule has 0 spiro atoms. The van der Waals surface area contributed by atoms with Crippen molar-refractivity contribution in [2.45, 2.75) is 50.4 Å². The lowest BCUT2D eigenvalue weighted by Gasteiger charge is -2.27. The van der Waals surface area contributed by atoms with Crippen molar-refractivity contribution in [3.05, 3.63) is 11.7 Å². The summed E-state index contributed by atoms with van der Waals surface area (Å²) in [4.78, 5) is 6.74. The summed E-state index contributed by atoms with van der Waals surface area (Å²) in [6.45, 7) is 2.83. The van der Waals surface area contributed by atoms with Crippen LogP contribution in [0.2, 0.25) is 0 Å². The van der Waals surface area contributed by atoms with Crippen molar-refractivity contribution in [2.24, 2.45) is 0 Å². The van der Waals surface area contributed by atoms with Crippen LogP contribution in [0.1, 0.15) is 37.9 Å². The minimum Gasteiger partial charge on any atom is -0.339 e. The lowest BCUT2D eigenvalue weighted by Crippen LogP contribution is -2.35. The van der Waals surface area contributed by atoms with Gasteiger partial charge in [0.2, 0.25) is 5.89 Å². The van der Waals surface area contributed by atoms with Gasteiger partial charge in [0.25, 0.3) is 0 Å². The number of hydrogen-bond donors (Lipinski definition) is 0. The van der Waals surface area contributed by atoms with E-state index in [0.717, 1.165) is 29.9 Å². The predicted molar refractivity (Wildman–Crippen MR) is 70.1 cm³/mol. The van der Waals surface area contributed by atoms with Gasteiger partial charge in [-0.05, 0) is 26.1 Å².